The van der Waals surface area contributed by atoms with Gasteiger partial charge in [-0.1, -0.05) is 0 Å². The van der Waals surface area contributed by atoms with Crippen LogP contribution in [0.4, 0.5) is 5.69 Å². The second kappa shape index (κ2) is 6.65. The topological polar surface area (TPSA) is 63.7 Å². The highest BCUT2D eigenvalue weighted by Crippen LogP contribution is 2.37. The molecule has 1 unspecified atom stereocenters. The molecular formula is C16H16BrNO4S. The summed E-state index contributed by atoms with van der Waals surface area (Å²) in [7, 11) is 1.53. The second-order valence-electron chi connectivity index (χ2n) is 5.59. The zero-order valence-electron chi connectivity index (χ0n) is 12.6. The molecule has 5 nitrogen and oxygen atoms in total. The van der Waals surface area contributed by atoms with Gasteiger partial charge in [-0.25, -0.2) is 0 Å². The van der Waals surface area contributed by atoms with Crippen molar-refractivity contribution in [2.45, 2.75) is 12.8 Å². The van der Waals surface area contributed by atoms with Gasteiger partial charge >= 0.3 is 0 Å². The number of carbonyl (C=O) groups excluding carboxylic acids is 3. The summed E-state index contributed by atoms with van der Waals surface area (Å²) >= 11 is 5.02. The molecule has 0 saturated carbocycles. The van der Waals surface area contributed by atoms with Crippen LogP contribution < -0.4 is 9.64 Å². The van der Waals surface area contributed by atoms with Crippen molar-refractivity contribution in [2.24, 2.45) is 11.8 Å². The first-order valence-electron chi connectivity index (χ1n) is 7.33. The summed E-state index contributed by atoms with van der Waals surface area (Å²) in [6.07, 6.45) is 0.591. The van der Waals surface area contributed by atoms with E-state index in [-0.39, 0.29) is 29.9 Å². The van der Waals surface area contributed by atoms with Gasteiger partial charge < -0.3 is 4.74 Å². The SMILES string of the molecule is COc1cc(N2C(=O)C[C@H](C3CSCCC3=O)C2=O)ccc1Br. The van der Waals surface area contributed by atoms with Gasteiger partial charge in [0, 0.05) is 36.3 Å². The van der Waals surface area contributed by atoms with Crippen LogP contribution in [0.3, 0.4) is 0 Å². The predicted octanol–water partition coefficient (Wildman–Crippen LogP) is 2.66. The van der Waals surface area contributed by atoms with E-state index in [0.29, 0.717) is 23.6 Å². The van der Waals surface area contributed by atoms with E-state index in [1.165, 1.54) is 12.0 Å². The number of ketones is 1. The highest BCUT2D eigenvalue weighted by Gasteiger charge is 2.46. The molecule has 0 aliphatic carbocycles. The number of benzene rings is 1. The van der Waals surface area contributed by atoms with E-state index in [2.05, 4.69) is 15.9 Å². The smallest absolute Gasteiger partial charge is 0.238 e. The maximum atomic E-state index is 12.7. The fourth-order valence-corrected chi connectivity index (χ4v) is 4.62. The summed E-state index contributed by atoms with van der Waals surface area (Å²) < 4.78 is 5.97. The van der Waals surface area contributed by atoms with E-state index in [9.17, 15) is 14.4 Å². The van der Waals surface area contributed by atoms with Crippen molar-refractivity contribution >= 4 is 51.0 Å². The van der Waals surface area contributed by atoms with Crippen molar-refractivity contribution in [1.82, 2.24) is 0 Å². The van der Waals surface area contributed by atoms with E-state index >= 15 is 0 Å². The zero-order chi connectivity index (χ0) is 16.6. The Hall–Kier alpha value is -1.34. The number of thioether (sulfide) groups is 1. The van der Waals surface area contributed by atoms with E-state index in [1.807, 2.05) is 0 Å². The third kappa shape index (κ3) is 3.04. The standard InChI is InChI=1S/C16H16BrNO4S/c1-22-14-6-9(2-3-12(14)17)18-15(20)7-10(16(18)21)11-8-23-5-4-13(11)19/h2-3,6,10-11H,4-5,7-8H2,1H3/t10-,11?/m1/s1. The number of rotatable bonds is 3. The van der Waals surface area contributed by atoms with Gasteiger partial charge in [-0.2, -0.15) is 11.8 Å². The molecule has 1 aromatic carbocycles. The highest BCUT2D eigenvalue weighted by molar-refractivity contribution is 9.10. The minimum atomic E-state index is -0.530. The molecule has 0 aromatic heterocycles. The minimum Gasteiger partial charge on any atom is -0.495 e. The maximum absolute atomic E-state index is 12.7. The highest BCUT2D eigenvalue weighted by atomic mass is 79.9. The number of Topliss-reactive ketones (excluding diaryl/α,β-unsaturated/α-hetero) is 1. The number of hydrogen-bond donors (Lipinski definition) is 0. The Kier molecular flexibility index (Phi) is 4.77. The maximum Gasteiger partial charge on any atom is 0.238 e. The zero-order valence-corrected chi connectivity index (χ0v) is 15.0. The molecule has 23 heavy (non-hydrogen) atoms. The molecule has 122 valence electrons. The van der Waals surface area contributed by atoms with Crippen LogP contribution >= 0.6 is 27.7 Å². The molecule has 7 heteroatoms. The van der Waals surface area contributed by atoms with Crippen LogP contribution in [0, 0.1) is 11.8 Å². The van der Waals surface area contributed by atoms with Crippen molar-refractivity contribution in [3.05, 3.63) is 22.7 Å². The van der Waals surface area contributed by atoms with Crippen molar-refractivity contribution in [1.29, 1.82) is 0 Å². The summed E-state index contributed by atoms with van der Waals surface area (Å²) in [6, 6.07) is 5.09. The molecule has 1 aromatic rings. The second-order valence-corrected chi connectivity index (χ2v) is 7.60. The number of halogens is 1. The van der Waals surface area contributed by atoms with Crippen LogP contribution in [-0.2, 0) is 14.4 Å². The van der Waals surface area contributed by atoms with E-state index in [4.69, 9.17) is 4.74 Å². The van der Waals surface area contributed by atoms with Crippen LogP contribution in [0.5, 0.6) is 5.75 Å². The first-order chi connectivity index (χ1) is 11.0. The number of hydrogen-bond acceptors (Lipinski definition) is 5. The summed E-state index contributed by atoms with van der Waals surface area (Å²) in [5.74, 6) is 0.677. The lowest BCUT2D eigenvalue weighted by molar-refractivity contribution is -0.129. The minimum absolute atomic E-state index is 0.102. The summed E-state index contributed by atoms with van der Waals surface area (Å²) in [6.45, 7) is 0. The Morgan fingerprint density at radius 1 is 1.26 bits per heavy atom. The first-order valence-corrected chi connectivity index (χ1v) is 9.28. The predicted molar refractivity (Wildman–Crippen MR) is 91.7 cm³/mol. The lowest BCUT2D eigenvalue weighted by atomic mass is 9.87. The van der Waals surface area contributed by atoms with Crippen LogP contribution in [0.25, 0.3) is 0 Å². The van der Waals surface area contributed by atoms with Crippen molar-refractivity contribution < 1.29 is 19.1 Å². The molecule has 2 aliphatic rings. The Labute approximate surface area is 146 Å². The normalized spacial score (nSPS) is 25.1. The molecule has 2 heterocycles. The fraction of sp³-hybridized carbons (Fsp3) is 0.438. The number of methoxy groups -OCH3 is 1. The van der Waals surface area contributed by atoms with Gasteiger partial charge in [0.05, 0.1) is 23.2 Å². The molecule has 2 aliphatic heterocycles. The fourth-order valence-electron chi connectivity index (χ4n) is 3.03. The van der Waals surface area contributed by atoms with E-state index in [1.54, 1.807) is 30.0 Å². The molecule has 2 amide bonds. The quantitative estimate of drug-likeness (QED) is 0.733. The monoisotopic (exact) mass is 397 g/mol. The largest absolute Gasteiger partial charge is 0.495 e. The molecule has 2 fully saturated rings. The first kappa shape index (κ1) is 16.5. The molecule has 0 radical (unpaired) electrons. The van der Waals surface area contributed by atoms with Gasteiger partial charge in [-0.15, -0.1) is 0 Å². The number of imide groups is 1. The van der Waals surface area contributed by atoms with Gasteiger partial charge in [0.25, 0.3) is 0 Å². The summed E-state index contributed by atoms with van der Waals surface area (Å²) in [5.41, 5.74) is 0.485. The molecule has 2 saturated heterocycles. The van der Waals surface area contributed by atoms with Gasteiger partial charge in [0.1, 0.15) is 11.5 Å². The van der Waals surface area contributed by atoms with Gasteiger partial charge in [0.2, 0.25) is 11.8 Å². The third-order valence-electron chi connectivity index (χ3n) is 4.26. The molecule has 0 bridgehead atoms. The van der Waals surface area contributed by atoms with Crippen molar-refractivity contribution in [2.75, 3.05) is 23.5 Å². The third-order valence-corrected chi connectivity index (χ3v) is 6.01. The summed E-state index contributed by atoms with van der Waals surface area (Å²) in [4.78, 5) is 38.4. The van der Waals surface area contributed by atoms with E-state index in [0.717, 1.165) is 10.2 Å². The van der Waals surface area contributed by atoms with Gasteiger partial charge in [-0.05, 0) is 28.1 Å². The number of nitrogens with zero attached hydrogens (tertiary/aromatic N) is 1. The van der Waals surface area contributed by atoms with Gasteiger partial charge in [0.15, 0.2) is 0 Å². The number of carbonyl (C=O) groups is 3. The Morgan fingerprint density at radius 3 is 2.74 bits per heavy atom. The van der Waals surface area contributed by atoms with Crippen LogP contribution in [-0.4, -0.2) is 36.2 Å². The van der Waals surface area contributed by atoms with Crippen molar-refractivity contribution in [3.8, 4) is 5.75 Å². The average Bonchev–Trinajstić information content (AvgIpc) is 2.83. The number of ether oxygens (including phenoxy) is 1. The molecule has 2 atom stereocenters. The lowest BCUT2D eigenvalue weighted by Gasteiger charge is -2.24. The van der Waals surface area contributed by atoms with Crippen LogP contribution in [0.1, 0.15) is 12.8 Å². The summed E-state index contributed by atoms with van der Waals surface area (Å²) in [5, 5.41) is 0. The molecule has 0 spiro atoms. The van der Waals surface area contributed by atoms with Crippen LogP contribution in [0.15, 0.2) is 22.7 Å². The average molecular weight is 398 g/mol. The Balaban J connectivity index is 1.88. The molecule has 0 N–H and O–H groups in total. The van der Waals surface area contributed by atoms with E-state index < -0.39 is 5.92 Å². The van der Waals surface area contributed by atoms with Gasteiger partial charge in [-0.3, -0.25) is 19.3 Å². The lowest BCUT2D eigenvalue weighted by Crippen LogP contribution is -2.36. The number of anilines is 1. The van der Waals surface area contributed by atoms with Crippen molar-refractivity contribution in [3.63, 3.8) is 0 Å². The number of amides is 2. The Bertz CT molecular complexity index is 678. The van der Waals surface area contributed by atoms with Crippen LogP contribution in [0.2, 0.25) is 0 Å². The molecular weight excluding hydrogens is 382 g/mol. The molecule has 3 rings (SSSR count). The Morgan fingerprint density at radius 2 is 2.04 bits per heavy atom.